The molecule has 1 aliphatic rings. The van der Waals surface area contributed by atoms with E-state index in [0.717, 1.165) is 38.0 Å². The Bertz CT molecular complexity index is 433. The van der Waals surface area contributed by atoms with E-state index in [1.165, 1.54) is 0 Å². The molecule has 4 heteroatoms. The third-order valence-electron chi connectivity index (χ3n) is 4.11. The van der Waals surface area contributed by atoms with Gasteiger partial charge in [0.2, 0.25) is 5.91 Å². The fourth-order valence-corrected chi connectivity index (χ4v) is 2.40. The largest absolute Gasteiger partial charge is 0.310 e. The van der Waals surface area contributed by atoms with E-state index in [2.05, 4.69) is 29.0 Å². The highest BCUT2D eigenvalue weighted by Gasteiger charge is 2.36. The summed E-state index contributed by atoms with van der Waals surface area (Å²) in [7, 11) is 0. The van der Waals surface area contributed by atoms with Crippen LogP contribution in [0.3, 0.4) is 0 Å². The van der Waals surface area contributed by atoms with E-state index in [1.807, 2.05) is 19.1 Å². The average molecular weight is 261 g/mol. The number of pyridine rings is 1. The Morgan fingerprint density at radius 3 is 2.63 bits per heavy atom. The zero-order valence-corrected chi connectivity index (χ0v) is 12.1. The molecule has 0 spiro atoms. The highest BCUT2D eigenvalue weighted by molar-refractivity contribution is 5.94. The van der Waals surface area contributed by atoms with Crippen molar-refractivity contribution >= 4 is 11.7 Å². The van der Waals surface area contributed by atoms with Crippen molar-refractivity contribution in [1.29, 1.82) is 0 Å². The minimum atomic E-state index is -0.266. The molecule has 2 heterocycles. The van der Waals surface area contributed by atoms with Crippen LogP contribution in [0.2, 0.25) is 0 Å². The number of nitrogens with zero attached hydrogens (tertiary/aromatic N) is 2. The van der Waals surface area contributed by atoms with Gasteiger partial charge in [-0.15, -0.1) is 0 Å². The Morgan fingerprint density at radius 1 is 1.42 bits per heavy atom. The highest BCUT2D eigenvalue weighted by Crippen LogP contribution is 2.32. The van der Waals surface area contributed by atoms with Crippen molar-refractivity contribution in [2.24, 2.45) is 5.41 Å². The molecule has 1 saturated heterocycles. The van der Waals surface area contributed by atoms with Gasteiger partial charge in [0.25, 0.3) is 0 Å². The number of carbonyl (C=O) groups is 1. The summed E-state index contributed by atoms with van der Waals surface area (Å²) in [6, 6.07) is 3.82. The summed E-state index contributed by atoms with van der Waals surface area (Å²) in [5, 5.41) is 2.94. The first-order valence-electron chi connectivity index (χ1n) is 7.00. The number of piperidine rings is 1. The van der Waals surface area contributed by atoms with Crippen LogP contribution in [0.25, 0.3) is 0 Å². The normalized spacial score (nSPS) is 19.1. The van der Waals surface area contributed by atoms with Crippen molar-refractivity contribution < 1.29 is 4.79 Å². The van der Waals surface area contributed by atoms with Crippen LogP contribution >= 0.6 is 0 Å². The predicted molar refractivity (Wildman–Crippen MR) is 77.1 cm³/mol. The molecule has 1 aromatic heterocycles. The number of carbonyl (C=O) groups excluding carboxylic acids is 1. The molecule has 1 amide bonds. The summed E-state index contributed by atoms with van der Waals surface area (Å²) in [6.07, 6.45) is 3.61. The van der Waals surface area contributed by atoms with Crippen LogP contribution in [0, 0.1) is 12.3 Å². The molecule has 0 aliphatic carbocycles. The third-order valence-corrected chi connectivity index (χ3v) is 4.11. The van der Waals surface area contributed by atoms with Crippen molar-refractivity contribution in [3.05, 3.63) is 23.9 Å². The number of hydrogen-bond acceptors (Lipinski definition) is 3. The van der Waals surface area contributed by atoms with Crippen molar-refractivity contribution in [3.8, 4) is 0 Å². The second-order valence-electron chi connectivity index (χ2n) is 5.67. The predicted octanol–water partition coefficient (Wildman–Crippen LogP) is 2.45. The number of anilines is 1. The number of likely N-dealkylation sites (tertiary alicyclic amines) is 1. The van der Waals surface area contributed by atoms with Crippen LogP contribution in [0.15, 0.2) is 18.3 Å². The molecule has 0 saturated carbocycles. The van der Waals surface area contributed by atoms with Gasteiger partial charge < -0.3 is 10.2 Å². The van der Waals surface area contributed by atoms with E-state index in [-0.39, 0.29) is 11.3 Å². The summed E-state index contributed by atoms with van der Waals surface area (Å²) < 4.78 is 0. The maximum atomic E-state index is 12.4. The van der Waals surface area contributed by atoms with E-state index in [4.69, 9.17) is 0 Å². The monoisotopic (exact) mass is 261 g/mol. The van der Waals surface area contributed by atoms with Gasteiger partial charge in [0.1, 0.15) is 5.82 Å². The SMILES string of the molecule is CCN1CCC(C)(C(=O)Nc2ccc(C)cn2)CC1. The fraction of sp³-hybridized carbons (Fsp3) is 0.600. The number of rotatable bonds is 3. The van der Waals surface area contributed by atoms with Crippen molar-refractivity contribution in [1.82, 2.24) is 9.88 Å². The summed E-state index contributed by atoms with van der Waals surface area (Å²) in [5.41, 5.74) is 0.832. The number of hydrogen-bond donors (Lipinski definition) is 1. The van der Waals surface area contributed by atoms with Crippen LogP contribution in [-0.4, -0.2) is 35.4 Å². The smallest absolute Gasteiger partial charge is 0.231 e. The van der Waals surface area contributed by atoms with Gasteiger partial charge in [-0.3, -0.25) is 4.79 Å². The average Bonchev–Trinajstić information content (AvgIpc) is 2.42. The van der Waals surface area contributed by atoms with Crippen molar-refractivity contribution in [2.75, 3.05) is 25.0 Å². The molecule has 104 valence electrons. The number of aryl methyl sites for hydroxylation is 1. The molecular formula is C15H23N3O. The molecule has 1 aromatic rings. The van der Waals surface area contributed by atoms with Crippen LogP contribution in [0.4, 0.5) is 5.82 Å². The summed E-state index contributed by atoms with van der Waals surface area (Å²) in [4.78, 5) is 19.0. The van der Waals surface area contributed by atoms with Gasteiger partial charge in [-0.1, -0.05) is 19.9 Å². The molecule has 2 rings (SSSR count). The van der Waals surface area contributed by atoms with Gasteiger partial charge in [-0.2, -0.15) is 0 Å². The molecule has 1 N–H and O–H groups in total. The first-order chi connectivity index (χ1) is 9.03. The summed E-state index contributed by atoms with van der Waals surface area (Å²) >= 11 is 0. The van der Waals surface area contributed by atoms with Crippen LogP contribution < -0.4 is 5.32 Å². The number of amides is 1. The zero-order valence-electron chi connectivity index (χ0n) is 12.1. The molecule has 0 aromatic carbocycles. The molecule has 1 fully saturated rings. The summed E-state index contributed by atoms with van der Waals surface area (Å²) in [5.74, 6) is 0.745. The van der Waals surface area contributed by atoms with Crippen LogP contribution in [0.5, 0.6) is 0 Å². The molecule has 0 unspecified atom stereocenters. The molecular weight excluding hydrogens is 238 g/mol. The van der Waals surface area contributed by atoms with E-state index >= 15 is 0 Å². The quantitative estimate of drug-likeness (QED) is 0.909. The number of nitrogens with one attached hydrogen (secondary N) is 1. The lowest BCUT2D eigenvalue weighted by molar-refractivity contribution is -0.127. The Hall–Kier alpha value is -1.42. The van der Waals surface area contributed by atoms with Crippen LogP contribution in [-0.2, 0) is 4.79 Å². The molecule has 0 radical (unpaired) electrons. The third kappa shape index (κ3) is 3.32. The molecule has 1 aliphatic heterocycles. The van der Waals surface area contributed by atoms with E-state index in [9.17, 15) is 4.79 Å². The highest BCUT2D eigenvalue weighted by atomic mass is 16.2. The van der Waals surface area contributed by atoms with Gasteiger partial charge in [-0.25, -0.2) is 4.98 Å². The Labute approximate surface area is 115 Å². The Balaban J connectivity index is 1.97. The lowest BCUT2D eigenvalue weighted by Gasteiger charge is -2.37. The minimum absolute atomic E-state index is 0.0969. The van der Waals surface area contributed by atoms with Gasteiger partial charge in [0.15, 0.2) is 0 Å². The first kappa shape index (κ1) is 14.0. The maximum Gasteiger partial charge on any atom is 0.231 e. The van der Waals surface area contributed by atoms with Gasteiger partial charge >= 0.3 is 0 Å². The lowest BCUT2D eigenvalue weighted by Crippen LogP contribution is -2.44. The summed E-state index contributed by atoms with van der Waals surface area (Å²) in [6.45, 7) is 9.28. The maximum absolute atomic E-state index is 12.4. The Kier molecular flexibility index (Phi) is 4.20. The van der Waals surface area contributed by atoms with Gasteiger partial charge in [-0.05, 0) is 51.0 Å². The van der Waals surface area contributed by atoms with E-state index < -0.39 is 0 Å². The zero-order chi connectivity index (χ0) is 13.9. The first-order valence-corrected chi connectivity index (χ1v) is 7.00. The standard InChI is InChI=1S/C15H23N3O/c1-4-18-9-7-15(3,8-10-18)14(19)17-13-6-5-12(2)11-16-13/h5-6,11H,4,7-10H2,1-3H3,(H,16,17,19). The molecule has 19 heavy (non-hydrogen) atoms. The fourth-order valence-electron chi connectivity index (χ4n) is 2.40. The molecule has 0 atom stereocenters. The van der Waals surface area contributed by atoms with Crippen LogP contribution in [0.1, 0.15) is 32.3 Å². The van der Waals surface area contributed by atoms with E-state index in [0.29, 0.717) is 5.82 Å². The lowest BCUT2D eigenvalue weighted by atomic mass is 9.79. The van der Waals surface area contributed by atoms with Gasteiger partial charge in [0, 0.05) is 11.6 Å². The molecule has 4 nitrogen and oxygen atoms in total. The second-order valence-corrected chi connectivity index (χ2v) is 5.67. The van der Waals surface area contributed by atoms with Gasteiger partial charge in [0.05, 0.1) is 0 Å². The topological polar surface area (TPSA) is 45.2 Å². The Morgan fingerprint density at radius 2 is 2.11 bits per heavy atom. The molecule has 0 bridgehead atoms. The number of aromatic nitrogens is 1. The van der Waals surface area contributed by atoms with Crippen molar-refractivity contribution in [2.45, 2.75) is 33.6 Å². The van der Waals surface area contributed by atoms with Crippen molar-refractivity contribution in [3.63, 3.8) is 0 Å². The minimum Gasteiger partial charge on any atom is -0.310 e. The second kappa shape index (κ2) is 5.70. The van der Waals surface area contributed by atoms with E-state index in [1.54, 1.807) is 6.20 Å².